The first-order valence-corrected chi connectivity index (χ1v) is 8.01. The van der Waals surface area contributed by atoms with E-state index >= 15 is 0 Å². The van der Waals surface area contributed by atoms with Crippen molar-refractivity contribution in [3.8, 4) is 0 Å². The maximum atomic E-state index is 12.6. The summed E-state index contributed by atoms with van der Waals surface area (Å²) in [7, 11) is 0. The van der Waals surface area contributed by atoms with Crippen LogP contribution >= 0.6 is 11.6 Å². The lowest BCUT2D eigenvalue weighted by Crippen LogP contribution is -2.31. The molecule has 0 spiro atoms. The highest BCUT2D eigenvalue weighted by Gasteiger charge is 2.20. The van der Waals surface area contributed by atoms with E-state index in [4.69, 9.17) is 11.6 Å². The van der Waals surface area contributed by atoms with Crippen molar-refractivity contribution in [2.75, 3.05) is 5.88 Å². The highest BCUT2D eigenvalue weighted by Crippen LogP contribution is 2.26. The zero-order valence-corrected chi connectivity index (χ0v) is 13.3. The van der Waals surface area contributed by atoms with Gasteiger partial charge in [0, 0.05) is 36.1 Å². The van der Waals surface area contributed by atoms with E-state index in [0.29, 0.717) is 12.3 Å². The van der Waals surface area contributed by atoms with Crippen molar-refractivity contribution in [1.29, 1.82) is 0 Å². The molecule has 114 valence electrons. The molecule has 0 saturated carbocycles. The van der Waals surface area contributed by atoms with Crippen LogP contribution in [0.5, 0.6) is 0 Å². The van der Waals surface area contributed by atoms with Crippen LogP contribution in [0, 0.1) is 6.92 Å². The zero-order chi connectivity index (χ0) is 15.5. The Morgan fingerprint density at radius 2 is 2.32 bits per heavy atom. The molecular weight excluding hydrogens is 298 g/mol. The predicted octanol–water partition coefficient (Wildman–Crippen LogP) is 3.06. The van der Waals surface area contributed by atoms with Gasteiger partial charge in [-0.05, 0) is 49.5 Å². The number of allylic oxidation sites excluding steroid dienone is 1. The van der Waals surface area contributed by atoms with Crippen LogP contribution < -0.4 is 5.56 Å². The third kappa shape index (κ3) is 2.83. The molecule has 0 saturated heterocycles. The van der Waals surface area contributed by atoms with Crippen molar-refractivity contribution in [3.63, 3.8) is 0 Å². The van der Waals surface area contributed by atoms with Crippen molar-refractivity contribution in [2.24, 2.45) is 0 Å². The van der Waals surface area contributed by atoms with E-state index in [9.17, 15) is 4.79 Å². The van der Waals surface area contributed by atoms with Gasteiger partial charge in [0.15, 0.2) is 0 Å². The normalized spacial score (nSPS) is 15.8. The average Bonchev–Trinajstić information content (AvgIpc) is 2.53. The number of hydrogen-bond donors (Lipinski definition) is 0. The second-order valence-corrected chi connectivity index (χ2v) is 5.83. The number of fused-ring (bicyclic) bond motifs is 1. The second-order valence-electron chi connectivity index (χ2n) is 5.45. The number of rotatable bonds is 3. The molecule has 5 heteroatoms. The molecule has 0 amide bonds. The standard InChI is InChI=1S/C17H18ClN3O/c1-12-15(6-7-18)17(22)21-9-3-5-14(16(21)20-12)10-13-4-2-8-19-11-13/h2,4,8,10-11H,3,5-7,9H2,1H3. The molecule has 3 heterocycles. The van der Waals surface area contributed by atoms with Crippen LogP contribution in [0.15, 0.2) is 29.3 Å². The van der Waals surface area contributed by atoms with Gasteiger partial charge in [0.2, 0.25) is 0 Å². The van der Waals surface area contributed by atoms with Crippen LogP contribution in [0.2, 0.25) is 0 Å². The highest BCUT2D eigenvalue weighted by molar-refractivity contribution is 6.18. The Bertz CT molecular complexity index is 765. The lowest BCUT2D eigenvalue weighted by Gasteiger charge is -2.22. The van der Waals surface area contributed by atoms with Gasteiger partial charge < -0.3 is 0 Å². The Morgan fingerprint density at radius 3 is 3.05 bits per heavy atom. The van der Waals surface area contributed by atoms with E-state index in [1.54, 1.807) is 10.8 Å². The van der Waals surface area contributed by atoms with Gasteiger partial charge in [0.25, 0.3) is 5.56 Å². The fraction of sp³-hybridized carbons (Fsp3) is 0.353. The minimum absolute atomic E-state index is 0.0555. The quantitative estimate of drug-likeness (QED) is 0.818. The number of pyridine rings is 1. The number of aromatic nitrogens is 3. The molecule has 2 aromatic rings. The minimum Gasteiger partial charge on any atom is -0.293 e. The lowest BCUT2D eigenvalue weighted by molar-refractivity contribution is 0.572. The second kappa shape index (κ2) is 6.44. The Hall–Kier alpha value is -1.94. The molecule has 4 nitrogen and oxygen atoms in total. The van der Waals surface area contributed by atoms with Crippen molar-refractivity contribution >= 4 is 23.3 Å². The Balaban J connectivity index is 2.11. The summed E-state index contributed by atoms with van der Waals surface area (Å²) in [5.74, 6) is 1.23. The molecule has 0 radical (unpaired) electrons. The summed E-state index contributed by atoms with van der Waals surface area (Å²) in [4.78, 5) is 21.5. The summed E-state index contributed by atoms with van der Waals surface area (Å²) in [6.07, 6.45) is 8.09. The van der Waals surface area contributed by atoms with Crippen LogP contribution in [-0.2, 0) is 13.0 Å². The van der Waals surface area contributed by atoms with E-state index in [1.165, 1.54) is 0 Å². The molecule has 3 rings (SSSR count). The smallest absolute Gasteiger partial charge is 0.257 e. The van der Waals surface area contributed by atoms with Crippen LogP contribution in [0.1, 0.15) is 35.5 Å². The van der Waals surface area contributed by atoms with Crippen LogP contribution in [0.3, 0.4) is 0 Å². The van der Waals surface area contributed by atoms with Gasteiger partial charge in [-0.3, -0.25) is 14.3 Å². The maximum absolute atomic E-state index is 12.6. The molecule has 0 unspecified atom stereocenters. The lowest BCUT2D eigenvalue weighted by atomic mass is 10.0. The third-order valence-electron chi connectivity index (χ3n) is 3.95. The summed E-state index contributed by atoms with van der Waals surface area (Å²) in [6, 6.07) is 3.91. The van der Waals surface area contributed by atoms with Gasteiger partial charge in [0.05, 0.1) is 0 Å². The summed E-state index contributed by atoms with van der Waals surface area (Å²) in [6.45, 7) is 2.61. The van der Waals surface area contributed by atoms with Crippen molar-refractivity contribution in [1.82, 2.24) is 14.5 Å². The van der Waals surface area contributed by atoms with Gasteiger partial charge in [-0.2, -0.15) is 0 Å². The molecule has 0 N–H and O–H groups in total. The van der Waals surface area contributed by atoms with E-state index < -0.39 is 0 Å². The number of hydrogen-bond acceptors (Lipinski definition) is 3. The molecule has 0 aromatic carbocycles. The molecule has 0 bridgehead atoms. The molecule has 22 heavy (non-hydrogen) atoms. The van der Waals surface area contributed by atoms with Crippen molar-refractivity contribution < 1.29 is 0 Å². The topological polar surface area (TPSA) is 47.8 Å². The third-order valence-corrected chi connectivity index (χ3v) is 4.14. The Kier molecular flexibility index (Phi) is 4.39. The molecule has 1 aliphatic rings. The fourth-order valence-corrected chi connectivity index (χ4v) is 3.06. The monoisotopic (exact) mass is 315 g/mol. The number of halogens is 1. The summed E-state index contributed by atoms with van der Waals surface area (Å²) >= 11 is 5.80. The molecular formula is C17H18ClN3O. The summed E-state index contributed by atoms with van der Waals surface area (Å²) in [5, 5.41) is 0. The van der Waals surface area contributed by atoms with E-state index in [-0.39, 0.29) is 5.56 Å². The Labute approximate surface area is 134 Å². The van der Waals surface area contributed by atoms with E-state index in [1.807, 2.05) is 25.3 Å². The van der Waals surface area contributed by atoms with Gasteiger partial charge in [-0.15, -0.1) is 11.6 Å². The van der Waals surface area contributed by atoms with Crippen molar-refractivity contribution in [2.45, 2.75) is 32.7 Å². The largest absolute Gasteiger partial charge is 0.293 e. The molecule has 1 aliphatic heterocycles. The summed E-state index contributed by atoms with van der Waals surface area (Å²) < 4.78 is 1.79. The number of aryl methyl sites for hydroxylation is 1. The summed E-state index contributed by atoms with van der Waals surface area (Å²) in [5.41, 5.74) is 3.71. The molecule has 0 fully saturated rings. The first kappa shape index (κ1) is 15.0. The van der Waals surface area contributed by atoms with Gasteiger partial charge in [-0.1, -0.05) is 6.07 Å². The van der Waals surface area contributed by atoms with E-state index in [2.05, 4.69) is 16.0 Å². The van der Waals surface area contributed by atoms with E-state index in [0.717, 1.165) is 47.6 Å². The first-order valence-electron chi connectivity index (χ1n) is 7.48. The average molecular weight is 316 g/mol. The predicted molar refractivity (Wildman–Crippen MR) is 89.0 cm³/mol. The Morgan fingerprint density at radius 1 is 1.45 bits per heavy atom. The van der Waals surface area contributed by atoms with Gasteiger partial charge in [0.1, 0.15) is 5.82 Å². The molecule has 0 atom stereocenters. The van der Waals surface area contributed by atoms with Crippen LogP contribution in [0.25, 0.3) is 11.6 Å². The zero-order valence-electron chi connectivity index (χ0n) is 12.6. The minimum atomic E-state index is 0.0555. The molecule has 0 aliphatic carbocycles. The van der Waals surface area contributed by atoms with Crippen molar-refractivity contribution in [3.05, 3.63) is 57.5 Å². The maximum Gasteiger partial charge on any atom is 0.257 e. The van der Waals surface area contributed by atoms with Gasteiger partial charge in [-0.25, -0.2) is 4.98 Å². The SMILES string of the molecule is Cc1nc2n(c(=O)c1CCCl)CCCC2=Cc1cccnc1. The number of nitrogens with zero attached hydrogens (tertiary/aromatic N) is 3. The highest BCUT2D eigenvalue weighted by atomic mass is 35.5. The van der Waals surface area contributed by atoms with Crippen LogP contribution in [-0.4, -0.2) is 20.4 Å². The van der Waals surface area contributed by atoms with Crippen LogP contribution in [0.4, 0.5) is 0 Å². The molecule has 2 aromatic heterocycles. The number of alkyl halides is 1. The first-order chi connectivity index (χ1) is 10.7. The fourth-order valence-electron chi connectivity index (χ4n) is 2.87. The van der Waals surface area contributed by atoms with Gasteiger partial charge >= 0.3 is 0 Å².